The Hall–Kier alpha value is -2.14. The molecule has 0 saturated carbocycles. The van der Waals surface area contributed by atoms with Crippen LogP contribution in [0.15, 0.2) is 36.9 Å². The number of nitrogens with one attached hydrogen (secondary N) is 1. The monoisotopic (exact) mass is 259 g/mol. The highest BCUT2D eigenvalue weighted by molar-refractivity contribution is 6.31. The number of hydrogen-bond acceptors (Lipinski definition) is 4. The summed E-state index contributed by atoms with van der Waals surface area (Å²) in [6.45, 7) is 0. The summed E-state index contributed by atoms with van der Waals surface area (Å²) in [5.41, 5.74) is 0.836. The fraction of sp³-hybridized carbons (Fsp3) is 0.0833. The highest BCUT2D eigenvalue weighted by Crippen LogP contribution is 2.24. The van der Waals surface area contributed by atoms with Gasteiger partial charge in [0.15, 0.2) is 0 Å². The van der Waals surface area contributed by atoms with Crippen molar-refractivity contribution in [3.05, 3.63) is 41.9 Å². The van der Waals surface area contributed by atoms with Gasteiger partial charge in [-0.2, -0.15) is 4.98 Å². The molecule has 5 nitrogen and oxygen atoms in total. The second kappa shape index (κ2) is 4.27. The molecule has 2 heterocycles. The van der Waals surface area contributed by atoms with E-state index in [2.05, 4.69) is 20.3 Å². The van der Waals surface area contributed by atoms with Crippen LogP contribution in [0.3, 0.4) is 0 Å². The molecule has 0 unspecified atom stereocenters. The standard InChI is InChI=1S/C12H10ClN5/c1-14-11-9-6-8(13)2-3-10(9)16-12(17-11)18-5-4-15-7-18/h2-7H,1H3,(H,14,16,17). The molecule has 3 rings (SSSR count). The van der Waals surface area contributed by atoms with Gasteiger partial charge in [0.25, 0.3) is 0 Å². The van der Waals surface area contributed by atoms with Crippen LogP contribution in [0.2, 0.25) is 5.02 Å². The molecule has 6 heteroatoms. The Morgan fingerprint density at radius 3 is 2.89 bits per heavy atom. The Labute approximate surface area is 108 Å². The van der Waals surface area contributed by atoms with Crippen LogP contribution in [0.1, 0.15) is 0 Å². The molecule has 18 heavy (non-hydrogen) atoms. The van der Waals surface area contributed by atoms with E-state index in [1.807, 2.05) is 25.2 Å². The molecule has 0 saturated heterocycles. The van der Waals surface area contributed by atoms with Gasteiger partial charge in [-0.3, -0.25) is 4.57 Å². The summed E-state index contributed by atoms with van der Waals surface area (Å²) in [5, 5.41) is 4.62. The molecule has 0 fully saturated rings. The first kappa shape index (κ1) is 11.0. The SMILES string of the molecule is CNc1nc(-n2ccnc2)nc2ccc(Cl)cc12. The van der Waals surface area contributed by atoms with Gasteiger partial charge in [0, 0.05) is 29.9 Å². The molecule has 0 aliphatic heterocycles. The molecule has 0 atom stereocenters. The third-order valence-corrected chi connectivity index (χ3v) is 2.85. The first-order valence-corrected chi connectivity index (χ1v) is 5.79. The maximum atomic E-state index is 5.99. The van der Waals surface area contributed by atoms with E-state index < -0.39 is 0 Å². The first-order chi connectivity index (χ1) is 8.78. The molecular formula is C12H10ClN5. The molecule has 0 aliphatic rings. The van der Waals surface area contributed by atoms with Crippen LogP contribution < -0.4 is 5.32 Å². The number of anilines is 1. The van der Waals surface area contributed by atoms with Gasteiger partial charge >= 0.3 is 0 Å². The van der Waals surface area contributed by atoms with Crippen molar-refractivity contribution in [1.29, 1.82) is 0 Å². The van der Waals surface area contributed by atoms with Gasteiger partial charge in [-0.25, -0.2) is 9.97 Å². The Morgan fingerprint density at radius 2 is 2.17 bits per heavy atom. The number of aromatic nitrogens is 4. The Kier molecular flexibility index (Phi) is 2.60. The van der Waals surface area contributed by atoms with Gasteiger partial charge in [-0.15, -0.1) is 0 Å². The largest absolute Gasteiger partial charge is 0.372 e. The molecule has 1 N–H and O–H groups in total. The topological polar surface area (TPSA) is 55.6 Å². The molecule has 1 aromatic carbocycles. The number of hydrogen-bond donors (Lipinski definition) is 1. The zero-order chi connectivity index (χ0) is 12.5. The Morgan fingerprint density at radius 1 is 1.28 bits per heavy atom. The summed E-state index contributed by atoms with van der Waals surface area (Å²) in [4.78, 5) is 12.9. The highest BCUT2D eigenvalue weighted by atomic mass is 35.5. The Bertz CT molecular complexity index is 693. The third-order valence-electron chi connectivity index (χ3n) is 2.62. The van der Waals surface area contributed by atoms with E-state index in [1.54, 1.807) is 23.3 Å². The fourth-order valence-electron chi connectivity index (χ4n) is 1.77. The molecule has 3 aromatic rings. The zero-order valence-electron chi connectivity index (χ0n) is 9.63. The minimum absolute atomic E-state index is 0.576. The van der Waals surface area contributed by atoms with Crippen LogP contribution in [0.5, 0.6) is 0 Å². The van der Waals surface area contributed by atoms with E-state index in [-0.39, 0.29) is 0 Å². The minimum Gasteiger partial charge on any atom is -0.372 e. The minimum atomic E-state index is 0.576. The molecule has 0 radical (unpaired) electrons. The number of imidazole rings is 1. The molecule has 90 valence electrons. The molecular weight excluding hydrogens is 250 g/mol. The molecule has 0 bridgehead atoms. The van der Waals surface area contributed by atoms with Crippen LogP contribution in [-0.2, 0) is 0 Å². The molecule has 0 aliphatic carbocycles. The Balaban J connectivity index is 2.28. The van der Waals surface area contributed by atoms with Crippen molar-refractivity contribution in [1.82, 2.24) is 19.5 Å². The van der Waals surface area contributed by atoms with Crippen LogP contribution in [-0.4, -0.2) is 26.6 Å². The summed E-state index contributed by atoms with van der Waals surface area (Å²) >= 11 is 5.99. The van der Waals surface area contributed by atoms with Gasteiger partial charge in [-0.05, 0) is 18.2 Å². The van der Waals surface area contributed by atoms with Crippen LogP contribution in [0.25, 0.3) is 16.9 Å². The van der Waals surface area contributed by atoms with Gasteiger partial charge in [0.05, 0.1) is 5.52 Å². The van der Waals surface area contributed by atoms with Crippen LogP contribution in [0.4, 0.5) is 5.82 Å². The van der Waals surface area contributed by atoms with Crippen molar-refractivity contribution >= 4 is 28.3 Å². The number of halogens is 1. The average molecular weight is 260 g/mol. The molecule has 0 amide bonds. The fourth-order valence-corrected chi connectivity index (χ4v) is 1.94. The van der Waals surface area contributed by atoms with Gasteiger partial charge in [0.1, 0.15) is 12.1 Å². The van der Waals surface area contributed by atoms with E-state index in [0.717, 1.165) is 16.7 Å². The van der Waals surface area contributed by atoms with Crippen molar-refractivity contribution in [2.45, 2.75) is 0 Å². The van der Waals surface area contributed by atoms with Crippen molar-refractivity contribution in [3.63, 3.8) is 0 Å². The summed E-state index contributed by atoms with van der Waals surface area (Å²) in [6, 6.07) is 5.54. The summed E-state index contributed by atoms with van der Waals surface area (Å²) < 4.78 is 1.76. The first-order valence-electron chi connectivity index (χ1n) is 5.41. The number of fused-ring (bicyclic) bond motifs is 1. The lowest BCUT2D eigenvalue weighted by Gasteiger charge is -2.08. The lowest BCUT2D eigenvalue weighted by Crippen LogP contribution is -2.03. The van der Waals surface area contributed by atoms with E-state index in [1.165, 1.54) is 0 Å². The predicted octanol–water partition coefficient (Wildman–Crippen LogP) is 2.51. The molecule has 2 aromatic heterocycles. The van der Waals surface area contributed by atoms with Gasteiger partial charge in [-0.1, -0.05) is 11.6 Å². The maximum Gasteiger partial charge on any atom is 0.237 e. The second-order valence-electron chi connectivity index (χ2n) is 3.75. The van der Waals surface area contributed by atoms with E-state index >= 15 is 0 Å². The van der Waals surface area contributed by atoms with Crippen molar-refractivity contribution in [2.75, 3.05) is 12.4 Å². The van der Waals surface area contributed by atoms with E-state index in [4.69, 9.17) is 11.6 Å². The lowest BCUT2D eigenvalue weighted by atomic mass is 10.2. The predicted molar refractivity (Wildman–Crippen MR) is 71.2 cm³/mol. The highest BCUT2D eigenvalue weighted by Gasteiger charge is 2.08. The summed E-state index contributed by atoms with van der Waals surface area (Å²) in [5.74, 6) is 1.32. The van der Waals surface area contributed by atoms with E-state index in [9.17, 15) is 0 Å². The average Bonchev–Trinajstić information content (AvgIpc) is 2.91. The summed E-state index contributed by atoms with van der Waals surface area (Å²) in [7, 11) is 1.82. The quantitative estimate of drug-likeness (QED) is 0.768. The van der Waals surface area contributed by atoms with Crippen molar-refractivity contribution in [2.24, 2.45) is 0 Å². The van der Waals surface area contributed by atoms with Gasteiger partial charge in [0.2, 0.25) is 5.95 Å². The number of nitrogens with zero attached hydrogens (tertiary/aromatic N) is 4. The third kappa shape index (κ3) is 1.78. The zero-order valence-corrected chi connectivity index (χ0v) is 10.4. The number of rotatable bonds is 2. The second-order valence-corrected chi connectivity index (χ2v) is 4.19. The molecule has 0 spiro atoms. The summed E-state index contributed by atoms with van der Waals surface area (Å²) in [6.07, 6.45) is 5.15. The van der Waals surface area contributed by atoms with Crippen LogP contribution >= 0.6 is 11.6 Å². The normalized spacial score (nSPS) is 10.8. The smallest absolute Gasteiger partial charge is 0.237 e. The number of benzene rings is 1. The van der Waals surface area contributed by atoms with Crippen molar-refractivity contribution < 1.29 is 0 Å². The van der Waals surface area contributed by atoms with Gasteiger partial charge < -0.3 is 5.32 Å². The lowest BCUT2D eigenvalue weighted by molar-refractivity contribution is 0.942. The van der Waals surface area contributed by atoms with Crippen LogP contribution in [0, 0.1) is 0 Å². The van der Waals surface area contributed by atoms with Crippen molar-refractivity contribution in [3.8, 4) is 5.95 Å². The van der Waals surface area contributed by atoms with E-state index in [0.29, 0.717) is 11.0 Å². The maximum absolute atomic E-state index is 5.99.